The second-order valence-corrected chi connectivity index (χ2v) is 10.2. The molecule has 0 atom stereocenters. The number of halogens is 1. The van der Waals surface area contributed by atoms with E-state index < -0.39 is 5.91 Å². The third-order valence-corrected chi connectivity index (χ3v) is 7.53. The van der Waals surface area contributed by atoms with Crippen LogP contribution in [-0.2, 0) is 4.79 Å². The molecule has 0 aliphatic carbocycles. The molecule has 8 N–H and O–H groups in total. The van der Waals surface area contributed by atoms with Crippen molar-refractivity contribution in [2.24, 2.45) is 10.7 Å². The van der Waals surface area contributed by atoms with Gasteiger partial charge in [0.1, 0.15) is 0 Å². The highest BCUT2D eigenvalue weighted by molar-refractivity contribution is 8.12. The number of carbonyl (C=O) groups excluding carboxylic acids is 2. The number of amides is 2. The summed E-state index contributed by atoms with van der Waals surface area (Å²) in [5.41, 5.74) is 18.1. The molecule has 0 aromatic carbocycles. The number of pyridine rings is 1. The second-order valence-electron chi connectivity index (χ2n) is 8.73. The zero-order valence-electron chi connectivity index (χ0n) is 20.1. The minimum absolute atomic E-state index is 0.0663. The van der Waals surface area contributed by atoms with Gasteiger partial charge in [0.05, 0.1) is 10.4 Å². The molecule has 2 fully saturated rings. The van der Waals surface area contributed by atoms with Gasteiger partial charge in [-0.15, -0.1) is 0 Å². The number of thioether (sulfide) groups is 1. The number of piperidine rings is 1. The van der Waals surface area contributed by atoms with E-state index in [1.54, 1.807) is 24.2 Å². The largest absolute Gasteiger partial charge is 0.401 e. The summed E-state index contributed by atoms with van der Waals surface area (Å²) < 4.78 is 0. The van der Waals surface area contributed by atoms with Crippen molar-refractivity contribution < 1.29 is 9.59 Å². The fourth-order valence-electron chi connectivity index (χ4n) is 4.00. The number of aromatic nitrogens is 3. The molecular formula is C23H27ClN10O2S. The number of nitrogen functional groups attached to an aromatic ring is 2. The highest BCUT2D eigenvalue weighted by Crippen LogP contribution is 2.35. The van der Waals surface area contributed by atoms with Gasteiger partial charge in [-0.1, -0.05) is 36.0 Å². The summed E-state index contributed by atoms with van der Waals surface area (Å²) >= 11 is 7.11. The first-order valence-corrected chi connectivity index (χ1v) is 12.5. The topological polar surface area (TPSA) is 191 Å². The number of nitrogens with one attached hydrogen (secondary N) is 2. The Morgan fingerprint density at radius 3 is 2.62 bits per heavy atom. The van der Waals surface area contributed by atoms with E-state index in [1.165, 1.54) is 11.8 Å². The van der Waals surface area contributed by atoms with Crippen molar-refractivity contribution >= 4 is 57.7 Å². The van der Waals surface area contributed by atoms with E-state index >= 15 is 0 Å². The number of allylic oxidation sites excluding steroid dienone is 1. The van der Waals surface area contributed by atoms with Crippen LogP contribution in [0.5, 0.6) is 0 Å². The molecule has 14 heteroatoms. The van der Waals surface area contributed by atoms with Crippen LogP contribution in [0, 0.1) is 0 Å². The molecule has 0 radical (unpaired) electrons. The minimum Gasteiger partial charge on any atom is -0.401 e. The van der Waals surface area contributed by atoms with Crippen molar-refractivity contribution in [3.63, 3.8) is 0 Å². The number of guanidine groups is 1. The van der Waals surface area contributed by atoms with E-state index in [-0.39, 0.29) is 33.9 Å². The molecule has 12 nitrogen and oxygen atoms in total. The predicted molar refractivity (Wildman–Crippen MR) is 145 cm³/mol. The fraction of sp³-hybridized carbons (Fsp3) is 0.304. The Morgan fingerprint density at radius 1 is 1.24 bits per heavy atom. The molecule has 0 saturated carbocycles. The maximum absolute atomic E-state index is 13.3. The van der Waals surface area contributed by atoms with E-state index in [2.05, 4.69) is 37.2 Å². The second kappa shape index (κ2) is 10.6. The van der Waals surface area contributed by atoms with Crippen molar-refractivity contribution in [1.29, 1.82) is 0 Å². The van der Waals surface area contributed by atoms with Crippen molar-refractivity contribution in [2.45, 2.75) is 25.3 Å². The molecule has 37 heavy (non-hydrogen) atoms. The Morgan fingerprint density at radius 2 is 1.97 bits per heavy atom. The molecule has 0 bridgehead atoms. The van der Waals surface area contributed by atoms with Crippen LogP contribution < -0.4 is 27.8 Å². The summed E-state index contributed by atoms with van der Waals surface area (Å²) in [6.07, 6.45) is 4.65. The van der Waals surface area contributed by atoms with Gasteiger partial charge in [-0.3, -0.25) is 14.6 Å². The highest BCUT2D eigenvalue weighted by Gasteiger charge is 2.41. The van der Waals surface area contributed by atoms with E-state index in [0.717, 1.165) is 5.56 Å². The lowest BCUT2D eigenvalue weighted by atomic mass is 9.88. The van der Waals surface area contributed by atoms with E-state index in [0.29, 0.717) is 53.9 Å². The highest BCUT2D eigenvalue weighted by atomic mass is 35.5. The molecule has 4 heterocycles. The zero-order chi connectivity index (χ0) is 26.7. The Labute approximate surface area is 222 Å². The number of hydrogen-bond donors (Lipinski definition) is 5. The summed E-state index contributed by atoms with van der Waals surface area (Å²) in [5, 5.41) is 6.27. The van der Waals surface area contributed by atoms with Crippen LogP contribution in [-0.4, -0.2) is 62.8 Å². The lowest BCUT2D eigenvalue weighted by molar-refractivity contribution is -0.127. The summed E-state index contributed by atoms with van der Waals surface area (Å²) in [6.45, 7) is 7.31. The van der Waals surface area contributed by atoms with Gasteiger partial charge in [-0.2, -0.15) is 4.99 Å². The number of nitrogens with two attached hydrogens (primary N) is 3. The number of hydrogen-bond acceptors (Lipinski definition) is 9. The smallest absolute Gasteiger partial charge is 0.302 e. The Hall–Kier alpha value is -3.84. The SMILES string of the molecule is C=C(S/C(C(=O)N1CCC2(CC1)CN/C(=N\C(=O)c1nc(Cl)c(N)nc1N)N2)=C(/C)N)c1cccnc1. The lowest BCUT2D eigenvalue weighted by Gasteiger charge is -2.39. The van der Waals surface area contributed by atoms with Crippen LogP contribution in [0.25, 0.3) is 4.91 Å². The first-order valence-electron chi connectivity index (χ1n) is 11.3. The molecule has 2 saturated heterocycles. The van der Waals surface area contributed by atoms with Crippen LogP contribution >= 0.6 is 23.4 Å². The molecule has 2 amide bonds. The number of aliphatic imine (C=N–C) groups is 1. The van der Waals surface area contributed by atoms with E-state index in [4.69, 9.17) is 28.8 Å². The quantitative estimate of drug-likeness (QED) is 0.342. The zero-order valence-corrected chi connectivity index (χ0v) is 21.7. The number of likely N-dealkylation sites (tertiary alicyclic amines) is 1. The number of nitrogens with zero attached hydrogens (tertiary/aromatic N) is 5. The minimum atomic E-state index is -0.703. The standard InChI is InChI=1S/C23H27ClN10O2S/c1-12(25)16(37-13(2)14-4-3-7-28-10-14)21(36)34-8-5-23(6-9-34)11-29-22(33-23)32-20(35)15-18(26)31-19(27)17(24)30-15/h3-4,7,10H,2,5-6,8-9,11,25H2,1H3,(H4,26,27,31)(H2,29,32,33,35)/b16-12-. The van der Waals surface area contributed by atoms with Gasteiger partial charge in [0, 0.05) is 48.2 Å². The van der Waals surface area contributed by atoms with Gasteiger partial charge >= 0.3 is 5.91 Å². The fourth-order valence-corrected chi connectivity index (χ4v) is 4.99. The molecule has 4 rings (SSSR count). The molecule has 2 aromatic rings. The third-order valence-electron chi connectivity index (χ3n) is 6.07. The maximum Gasteiger partial charge on any atom is 0.302 e. The van der Waals surface area contributed by atoms with Crippen molar-refractivity contribution in [1.82, 2.24) is 30.5 Å². The van der Waals surface area contributed by atoms with Crippen molar-refractivity contribution in [3.8, 4) is 0 Å². The molecule has 2 aromatic heterocycles. The van der Waals surface area contributed by atoms with Crippen LogP contribution in [0.2, 0.25) is 5.15 Å². The number of anilines is 2. The molecule has 2 aliphatic heterocycles. The maximum atomic E-state index is 13.3. The molecule has 2 aliphatic rings. The van der Waals surface area contributed by atoms with Crippen LogP contribution in [0.1, 0.15) is 35.8 Å². The van der Waals surface area contributed by atoms with Crippen molar-refractivity contribution in [3.05, 3.63) is 58.1 Å². The lowest BCUT2D eigenvalue weighted by Crippen LogP contribution is -2.54. The molecule has 1 spiro atoms. The average Bonchev–Trinajstić information content (AvgIpc) is 3.26. The van der Waals surface area contributed by atoms with Gasteiger partial charge in [0.15, 0.2) is 28.4 Å². The van der Waals surface area contributed by atoms with Gasteiger partial charge in [-0.05, 0) is 25.8 Å². The first kappa shape index (κ1) is 26.2. The Kier molecular flexibility index (Phi) is 7.55. The monoisotopic (exact) mass is 542 g/mol. The number of carbonyl (C=O) groups is 2. The normalized spacial score (nSPS) is 18.2. The molecule has 0 unspecified atom stereocenters. The van der Waals surface area contributed by atoms with Gasteiger partial charge in [0.25, 0.3) is 5.91 Å². The Balaban J connectivity index is 1.38. The summed E-state index contributed by atoms with van der Waals surface area (Å²) in [4.78, 5) is 44.7. The molecule has 194 valence electrons. The van der Waals surface area contributed by atoms with Crippen LogP contribution in [0.15, 0.2) is 46.7 Å². The predicted octanol–water partition coefficient (Wildman–Crippen LogP) is 1.33. The Bertz CT molecular complexity index is 1300. The van der Waals surface area contributed by atoms with E-state index in [9.17, 15) is 9.59 Å². The first-order chi connectivity index (χ1) is 17.6. The average molecular weight is 543 g/mol. The van der Waals surface area contributed by atoms with Crippen molar-refractivity contribution in [2.75, 3.05) is 31.1 Å². The van der Waals surface area contributed by atoms with Gasteiger partial charge in [-0.25, -0.2) is 9.97 Å². The van der Waals surface area contributed by atoms with Crippen LogP contribution in [0.3, 0.4) is 0 Å². The number of rotatable bonds is 5. The van der Waals surface area contributed by atoms with Crippen LogP contribution in [0.4, 0.5) is 11.6 Å². The summed E-state index contributed by atoms with van der Waals surface area (Å²) in [6, 6.07) is 3.69. The third kappa shape index (κ3) is 5.78. The summed E-state index contributed by atoms with van der Waals surface area (Å²) in [5.74, 6) is -0.775. The summed E-state index contributed by atoms with van der Waals surface area (Å²) in [7, 11) is 0. The van der Waals surface area contributed by atoms with Gasteiger partial charge < -0.3 is 32.7 Å². The van der Waals surface area contributed by atoms with Gasteiger partial charge in [0.2, 0.25) is 0 Å². The van der Waals surface area contributed by atoms with E-state index in [1.807, 2.05) is 12.1 Å². The molecular weight excluding hydrogens is 516 g/mol.